The third kappa shape index (κ3) is 6.79. The zero-order chi connectivity index (χ0) is 15.9. The van der Waals surface area contributed by atoms with E-state index < -0.39 is 5.97 Å². The molecule has 0 radical (unpaired) electrons. The molecule has 0 fully saturated rings. The molecule has 1 aromatic carbocycles. The van der Waals surface area contributed by atoms with Crippen LogP contribution in [0.15, 0.2) is 24.3 Å². The van der Waals surface area contributed by atoms with Crippen LogP contribution in [0.4, 0.5) is 4.79 Å². The van der Waals surface area contributed by atoms with Crippen LogP contribution in [-0.4, -0.2) is 23.7 Å². The minimum Gasteiger partial charge on any atom is -0.481 e. The number of rotatable bonds is 6. The van der Waals surface area contributed by atoms with Crippen LogP contribution in [0.25, 0.3) is 0 Å². The van der Waals surface area contributed by atoms with Gasteiger partial charge in [-0.25, -0.2) is 4.79 Å². The molecule has 0 atom stereocenters. The van der Waals surface area contributed by atoms with Crippen LogP contribution >= 0.6 is 0 Å². The first-order valence-electron chi connectivity index (χ1n) is 7.12. The largest absolute Gasteiger partial charge is 0.481 e. The number of carboxylic acids is 1. The number of hydrogen-bond acceptors (Lipinski definition) is 2. The summed E-state index contributed by atoms with van der Waals surface area (Å²) in [6.45, 7) is 7.29. The third-order valence-corrected chi connectivity index (χ3v) is 3.13. The highest BCUT2D eigenvalue weighted by Crippen LogP contribution is 2.22. The number of aliphatic carboxylic acids is 1. The average molecular weight is 292 g/mol. The van der Waals surface area contributed by atoms with Gasteiger partial charge in [-0.15, -0.1) is 0 Å². The molecule has 0 aliphatic heterocycles. The molecule has 0 aromatic heterocycles. The standard InChI is InChI=1S/C16H24N2O3/c1-16(2,3)13-8-6-12(7-9-13)11-18-15(21)17-10-4-5-14(19)20/h6-9H,4-5,10-11H2,1-3H3,(H,19,20)(H2,17,18,21). The Kier molecular flexibility index (Phi) is 6.21. The smallest absolute Gasteiger partial charge is 0.315 e. The van der Waals surface area contributed by atoms with Crippen molar-refractivity contribution in [3.63, 3.8) is 0 Å². The van der Waals surface area contributed by atoms with Gasteiger partial charge >= 0.3 is 12.0 Å². The van der Waals surface area contributed by atoms with Crippen LogP contribution in [0.5, 0.6) is 0 Å². The lowest BCUT2D eigenvalue weighted by molar-refractivity contribution is -0.137. The second-order valence-corrected chi connectivity index (χ2v) is 6.05. The first kappa shape index (κ1) is 17.0. The van der Waals surface area contributed by atoms with E-state index in [2.05, 4.69) is 43.5 Å². The molecule has 0 spiro atoms. The number of carbonyl (C=O) groups excluding carboxylic acids is 1. The summed E-state index contributed by atoms with van der Waals surface area (Å²) in [6.07, 6.45) is 0.498. The van der Waals surface area contributed by atoms with Gasteiger partial charge in [0.15, 0.2) is 0 Å². The summed E-state index contributed by atoms with van der Waals surface area (Å²) in [5, 5.41) is 13.9. The predicted octanol–water partition coefficient (Wildman–Crippen LogP) is 2.65. The Morgan fingerprint density at radius 2 is 1.71 bits per heavy atom. The average Bonchev–Trinajstić information content (AvgIpc) is 2.40. The van der Waals surface area contributed by atoms with E-state index in [0.717, 1.165) is 5.56 Å². The Bertz CT molecular complexity index is 475. The number of nitrogens with one attached hydrogen (secondary N) is 2. The minimum absolute atomic E-state index is 0.0640. The summed E-state index contributed by atoms with van der Waals surface area (Å²) in [6, 6.07) is 7.88. The van der Waals surface area contributed by atoms with E-state index in [1.54, 1.807) is 0 Å². The highest BCUT2D eigenvalue weighted by Gasteiger charge is 2.12. The molecule has 0 bridgehead atoms. The second kappa shape index (κ2) is 7.67. The molecule has 0 saturated heterocycles. The minimum atomic E-state index is -0.851. The first-order chi connectivity index (χ1) is 9.79. The Balaban J connectivity index is 2.31. The van der Waals surface area contributed by atoms with Gasteiger partial charge in [-0.3, -0.25) is 4.79 Å². The summed E-state index contributed by atoms with van der Waals surface area (Å²) in [5.41, 5.74) is 2.40. The van der Waals surface area contributed by atoms with Gasteiger partial charge in [0.05, 0.1) is 0 Å². The molecule has 0 heterocycles. The maximum atomic E-state index is 11.5. The fraction of sp³-hybridized carbons (Fsp3) is 0.500. The van der Waals surface area contributed by atoms with Crippen LogP contribution in [0, 0.1) is 0 Å². The summed E-state index contributed by atoms with van der Waals surface area (Å²) in [7, 11) is 0. The highest BCUT2D eigenvalue weighted by atomic mass is 16.4. The van der Waals surface area contributed by atoms with Crippen molar-refractivity contribution < 1.29 is 14.7 Å². The van der Waals surface area contributed by atoms with Crippen molar-refractivity contribution in [2.75, 3.05) is 6.54 Å². The van der Waals surface area contributed by atoms with E-state index in [4.69, 9.17) is 5.11 Å². The molecule has 1 aromatic rings. The fourth-order valence-corrected chi connectivity index (χ4v) is 1.81. The lowest BCUT2D eigenvalue weighted by atomic mass is 9.87. The predicted molar refractivity (Wildman–Crippen MR) is 82.3 cm³/mol. The Labute approximate surface area is 125 Å². The topological polar surface area (TPSA) is 78.4 Å². The van der Waals surface area contributed by atoms with Crippen molar-refractivity contribution in [3.8, 4) is 0 Å². The Morgan fingerprint density at radius 3 is 2.24 bits per heavy atom. The Morgan fingerprint density at radius 1 is 1.10 bits per heavy atom. The van der Waals surface area contributed by atoms with Crippen molar-refractivity contribution >= 4 is 12.0 Å². The molecular weight excluding hydrogens is 268 g/mol. The zero-order valence-electron chi connectivity index (χ0n) is 12.9. The van der Waals surface area contributed by atoms with Crippen molar-refractivity contribution in [1.29, 1.82) is 0 Å². The number of carbonyl (C=O) groups is 2. The van der Waals surface area contributed by atoms with E-state index >= 15 is 0 Å². The van der Waals surface area contributed by atoms with Crippen LogP contribution < -0.4 is 10.6 Å². The van der Waals surface area contributed by atoms with Gasteiger partial charge in [0.25, 0.3) is 0 Å². The zero-order valence-corrected chi connectivity index (χ0v) is 12.9. The van der Waals surface area contributed by atoms with Gasteiger partial charge in [0, 0.05) is 19.5 Å². The first-order valence-corrected chi connectivity index (χ1v) is 7.12. The lowest BCUT2D eigenvalue weighted by Crippen LogP contribution is -2.35. The molecule has 2 amide bonds. The van der Waals surface area contributed by atoms with Gasteiger partial charge in [0.1, 0.15) is 0 Å². The van der Waals surface area contributed by atoms with Crippen molar-refractivity contribution in [2.45, 2.75) is 45.6 Å². The quantitative estimate of drug-likeness (QED) is 0.705. The maximum absolute atomic E-state index is 11.5. The van der Waals surface area contributed by atoms with Gasteiger partial charge in [-0.2, -0.15) is 0 Å². The van der Waals surface area contributed by atoms with Crippen LogP contribution in [0.2, 0.25) is 0 Å². The van der Waals surface area contributed by atoms with E-state index in [0.29, 0.717) is 19.5 Å². The molecule has 0 aliphatic carbocycles. The van der Waals surface area contributed by atoms with E-state index in [9.17, 15) is 9.59 Å². The molecule has 0 aliphatic rings. The molecule has 5 nitrogen and oxygen atoms in total. The van der Waals surface area contributed by atoms with Crippen molar-refractivity contribution in [1.82, 2.24) is 10.6 Å². The van der Waals surface area contributed by atoms with Gasteiger partial charge in [-0.1, -0.05) is 45.0 Å². The van der Waals surface area contributed by atoms with E-state index in [-0.39, 0.29) is 17.9 Å². The second-order valence-electron chi connectivity index (χ2n) is 6.05. The monoisotopic (exact) mass is 292 g/mol. The summed E-state index contributed by atoms with van der Waals surface area (Å²) < 4.78 is 0. The molecule has 116 valence electrons. The molecule has 5 heteroatoms. The number of hydrogen-bond donors (Lipinski definition) is 3. The molecular formula is C16H24N2O3. The maximum Gasteiger partial charge on any atom is 0.315 e. The fourth-order valence-electron chi connectivity index (χ4n) is 1.81. The molecule has 21 heavy (non-hydrogen) atoms. The van der Waals surface area contributed by atoms with E-state index in [1.807, 2.05) is 12.1 Å². The summed E-state index contributed by atoms with van der Waals surface area (Å²) in [5.74, 6) is -0.851. The normalized spacial score (nSPS) is 11.0. The third-order valence-electron chi connectivity index (χ3n) is 3.13. The summed E-state index contributed by atoms with van der Waals surface area (Å²) >= 11 is 0. The van der Waals surface area contributed by atoms with Gasteiger partial charge < -0.3 is 15.7 Å². The SMILES string of the molecule is CC(C)(C)c1ccc(CNC(=O)NCCCC(=O)O)cc1. The van der Waals surface area contributed by atoms with Gasteiger partial charge in [0.2, 0.25) is 0 Å². The highest BCUT2D eigenvalue weighted by molar-refractivity contribution is 5.73. The number of urea groups is 1. The molecule has 0 saturated carbocycles. The van der Waals surface area contributed by atoms with Crippen molar-refractivity contribution in [3.05, 3.63) is 35.4 Å². The Hall–Kier alpha value is -2.04. The van der Waals surface area contributed by atoms with Crippen LogP contribution in [0.3, 0.4) is 0 Å². The van der Waals surface area contributed by atoms with Crippen LogP contribution in [0.1, 0.15) is 44.7 Å². The lowest BCUT2D eigenvalue weighted by Gasteiger charge is -2.19. The van der Waals surface area contributed by atoms with Crippen molar-refractivity contribution in [2.24, 2.45) is 0 Å². The number of amides is 2. The molecule has 3 N–H and O–H groups in total. The summed E-state index contributed by atoms with van der Waals surface area (Å²) in [4.78, 5) is 21.8. The molecule has 1 rings (SSSR count). The van der Waals surface area contributed by atoms with Crippen LogP contribution in [-0.2, 0) is 16.8 Å². The van der Waals surface area contributed by atoms with Gasteiger partial charge in [-0.05, 0) is 23.0 Å². The number of carboxylic acid groups (broad SMARTS) is 1. The molecule has 0 unspecified atom stereocenters. The number of benzene rings is 1. The van der Waals surface area contributed by atoms with E-state index in [1.165, 1.54) is 5.56 Å².